The molecule has 0 spiro atoms. The third kappa shape index (κ3) is 4.84. The lowest BCUT2D eigenvalue weighted by Crippen LogP contribution is -2.32. The van der Waals surface area contributed by atoms with E-state index in [0.29, 0.717) is 10.6 Å². The Kier molecular flexibility index (Phi) is 5.81. The lowest BCUT2D eigenvalue weighted by Gasteiger charge is -2.32. The lowest BCUT2D eigenvalue weighted by atomic mass is 9.87. The molecule has 2 aromatic rings. The van der Waals surface area contributed by atoms with Crippen LogP contribution in [0.4, 0.5) is 11.4 Å². The summed E-state index contributed by atoms with van der Waals surface area (Å²) >= 11 is 6.51. The van der Waals surface area contributed by atoms with Gasteiger partial charge in [0.1, 0.15) is 0 Å². The molecule has 1 aliphatic heterocycles. The first-order chi connectivity index (χ1) is 12.7. The number of rotatable bonds is 3. The zero-order valence-electron chi connectivity index (χ0n) is 16.7. The quantitative estimate of drug-likeness (QED) is 0.690. The molecule has 0 radical (unpaired) electrons. The predicted octanol–water partition coefficient (Wildman–Crippen LogP) is 6.13. The summed E-state index contributed by atoms with van der Waals surface area (Å²) in [4.78, 5) is 14.9. The van der Waals surface area contributed by atoms with Crippen molar-refractivity contribution in [2.24, 2.45) is 5.92 Å². The van der Waals surface area contributed by atoms with Crippen molar-refractivity contribution in [2.45, 2.75) is 46.0 Å². The molecule has 1 aliphatic rings. The van der Waals surface area contributed by atoms with Crippen LogP contribution >= 0.6 is 11.6 Å². The Morgan fingerprint density at radius 1 is 1.07 bits per heavy atom. The van der Waals surface area contributed by atoms with E-state index in [2.05, 4.69) is 37.9 Å². The van der Waals surface area contributed by atoms with Gasteiger partial charge in [-0.1, -0.05) is 51.4 Å². The summed E-state index contributed by atoms with van der Waals surface area (Å²) in [5.74, 6) is 0.661. The highest BCUT2D eigenvalue weighted by Gasteiger charge is 2.19. The minimum Gasteiger partial charge on any atom is -0.370 e. The van der Waals surface area contributed by atoms with E-state index in [0.717, 1.165) is 30.4 Å². The number of benzene rings is 2. The SMILES string of the molecule is CC1CCN(c2ccc(NC(=O)c3ccc(C(C)(C)C)cc3)cc2Cl)CC1. The number of piperidine rings is 1. The molecular formula is C23H29ClN2O. The molecule has 3 nitrogen and oxygen atoms in total. The van der Waals surface area contributed by atoms with E-state index in [1.54, 1.807) is 0 Å². The van der Waals surface area contributed by atoms with Crippen LogP contribution in [0.25, 0.3) is 0 Å². The number of nitrogens with zero attached hydrogens (tertiary/aromatic N) is 1. The van der Waals surface area contributed by atoms with Crippen molar-refractivity contribution < 1.29 is 4.79 Å². The maximum Gasteiger partial charge on any atom is 0.255 e. The highest BCUT2D eigenvalue weighted by atomic mass is 35.5. The molecule has 0 saturated carbocycles. The Morgan fingerprint density at radius 2 is 1.70 bits per heavy atom. The van der Waals surface area contributed by atoms with E-state index in [1.165, 1.54) is 18.4 Å². The van der Waals surface area contributed by atoms with Crippen LogP contribution in [0.2, 0.25) is 5.02 Å². The van der Waals surface area contributed by atoms with Gasteiger partial charge in [-0.3, -0.25) is 4.79 Å². The van der Waals surface area contributed by atoms with E-state index < -0.39 is 0 Å². The Hall–Kier alpha value is -2.00. The first-order valence-corrected chi connectivity index (χ1v) is 10.1. The molecule has 4 heteroatoms. The van der Waals surface area contributed by atoms with Crippen molar-refractivity contribution in [3.05, 3.63) is 58.6 Å². The number of amides is 1. The Labute approximate surface area is 167 Å². The molecule has 1 N–H and O–H groups in total. The topological polar surface area (TPSA) is 32.3 Å². The zero-order chi connectivity index (χ0) is 19.6. The second kappa shape index (κ2) is 7.93. The van der Waals surface area contributed by atoms with Gasteiger partial charge in [-0.05, 0) is 60.1 Å². The number of hydrogen-bond acceptors (Lipinski definition) is 2. The van der Waals surface area contributed by atoms with Gasteiger partial charge in [0.15, 0.2) is 0 Å². The van der Waals surface area contributed by atoms with Crippen molar-refractivity contribution in [3.63, 3.8) is 0 Å². The molecule has 3 rings (SSSR count). The van der Waals surface area contributed by atoms with Crippen molar-refractivity contribution in [1.29, 1.82) is 0 Å². The van der Waals surface area contributed by atoms with Crippen molar-refractivity contribution in [1.82, 2.24) is 0 Å². The van der Waals surface area contributed by atoms with Crippen LogP contribution in [0.1, 0.15) is 56.5 Å². The van der Waals surface area contributed by atoms with Gasteiger partial charge in [0.2, 0.25) is 0 Å². The molecule has 0 aliphatic carbocycles. The van der Waals surface area contributed by atoms with Crippen LogP contribution in [-0.4, -0.2) is 19.0 Å². The number of anilines is 2. The Balaban J connectivity index is 1.68. The fourth-order valence-corrected chi connectivity index (χ4v) is 3.72. The first-order valence-electron chi connectivity index (χ1n) is 9.70. The van der Waals surface area contributed by atoms with Gasteiger partial charge >= 0.3 is 0 Å². The second-order valence-corrected chi connectivity index (χ2v) is 9.02. The van der Waals surface area contributed by atoms with E-state index >= 15 is 0 Å². The Bertz CT molecular complexity index is 800. The lowest BCUT2D eigenvalue weighted by molar-refractivity contribution is 0.102. The monoisotopic (exact) mass is 384 g/mol. The molecule has 0 unspecified atom stereocenters. The summed E-state index contributed by atoms with van der Waals surface area (Å²) in [5, 5.41) is 3.64. The van der Waals surface area contributed by atoms with Gasteiger partial charge < -0.3 is 10.2 Å². The highest BCUT2D eigenvalue weighted by molar-refractivity contribution is 6.33. The minimum atomic E-state index is -0.119. The number of nitrogens with one attached hydrogen (secondary N) is 1. The van der Waals surface area contributed by atoms with Gasteiger partial charge in [-0.15, -0.1) is 0 Å². The van der Waals surface area contributed by atoms with Gasteiger partial charge in [0, 0.05) is 24.3 Å². The average molecular weight is 385 g/mol. The molecule has 2 aromatic carbocycles. The molecule has 0 atom stereocenters. The second-order valence-electron chi connectivity index (χ2n) is 8.62. The van der Waals surface area contributed by atoms with Gasteiger partial charge in [0.25, 0.3) is 5.91 Å². The molecule has 1 amide bonds. The molecule has 0 aromatic heterocycles. The molecular weight excluding hydrogens is 356 g/mol. The summed E-state index contributed by atoms with van der Waals surface area (Å²) in [7, 11) is 0. The largest absolute Gasteiger partial charge is 0.370 e. The third-order valence-electron chi connectivity index (χ3n) is 5.34. The number of hydrogen-bond donors (Lipinski definition) is 1. The molecule has 0 bridgehead atoms. The fourth-order valence-electron chi connectivity index (χ4n) is 3.42. The molecule has 1 fully saturated rings. The standard InChI is InChI=1S/C23H29ClN2O/c1-16-11-13-26(14-12-16)21-10-9-19(15-20(21)24)25-22(27)17-5-7-18(8-6-17)23(2,3)4/h5-10,15-16H,11-14H2,1-4H3,(H,25,27). The van der Waals surface area contributed by atoms with Crippen LogP contribution < -0.4 is 10.2 Å². The maximum atomic E-state index is 12.5. The number of carbonyl (C=O) groups is 1. The van der Waals surface area contributed by atoms with Crippen LogP contribution in [0, 0.1) is 5.92 Å². The van der Waals surface area contributed by atoms with E-state index in [1.807, 2.05) is 42.5 Å². The third-order valence-corrected chi connectivity index (χ3v) is 5.65. The molecule has 1 saturated heterocycles. The van der Waals surface area contributed by atoms with E-state index in [-0.39, 0.29) is 11.3 Å². The van der Waals surface area contributed by atoms with Gasteiger partial charge in [0.05, 0.1) is 10.7 Å². The highest BCUT2D eigenvalue weighted by Crippen LogP contribution is 2.32. The Morgan fingerprint density at radius 3 is 2.26 bits per heavy atom. The summed E-state index contributed by atoms with van der Waals surface area (Å²) in [6.45, 7) is 10.9. The molecule has 144 valence electrons. The van der Waals surface area contributed by atoms with Crippen LogP contribution in [0.5, 0.6) is 0 Å². The van der Waals surface area contributed by atoms with Crippen LogP contribution in [0.15, 0.2) is 42.5 Å². The van der Waals surface area contributed by atoms with Crippen molar-refractivity contribution in [3.8, 4) is 0 Å². The van der Waals surface area contributed by atoms with Crippen LogP contribution in [0.3, 0.4) is 0 Å². The summed E-state index contributed by atoms with van der Waals surface area (Å²) in [6, 6.07) is 13.6. The zero-order valence-corrected chi connectivity index (χ0v) is 17.4. The molecule has 27 heavy (non-hydrogen) atoms. The summed E-state index contributed by atoms with van der Waals surface area (Å²) in [5.41, 5.74) is 3.70. The average Bonchev–Trinajstić information content (AvgIpc) is 2.62. The summed E-state index contributed by atoms with van der Waals surface area (Å²) in [6.07, 6.45) is 2.39. The maximum absolute atomic E-state index is 12.5. The van der Waals surface area contributed by atoms with E-state index in [4.69, 9.17) is 11.6 Å². The fraction of sp³-hybridized carbons (Fsp3) is 0.435. The number of carbonyl (C=O) groups excluding carboxylic acids is 1. The summed E-state index contributed by atoms with van der Waals surface area (Å²) < 4.78 is 0. The minimum absolute atomic E-state index is 0.0740. The molecule has 1 heterocycles. The predicted molar refractivity (Wildman–Crippen MR) is 115 cm³/mol. The van der Waals surface area contributed by atoms with Gasteiger partial charge in [-0.25, -0.2) is 0 Å². The van der Waals surface area contributed by atoms with Crippen LogP contribution in [-0.2, 0) is 5.41 Å². The van der Waals surface area contributed by atoms with E-state index in [9.17, 15) is 4.79 Å². The first kappa shape index (κ1) is 19.8. The van der Waals surface area contributed by atoms with Gasteiger partial charge in [-0.2, -0.15) is 0 Å². The smallest absolute Gasteiger partial charge is 0.255 e. The normalized spacial score (nSPS) is 15.7. The van der Waals surface area contributed by atoms with Crippen molar-refractivity contribution >= 4 is 28.9 Å². The number of halogens is 1. The van der Waals surface area contributed by atoms with Crippen molar-refractivity contribution in [2.75, 3.05) is 23.3 Å².